The zero-order valence-electron chi connectivity index (χ0n) is 11.1. The van der Waals surface area contributed by atoms with E-state index in [0.29, 0.717) is 11.6 Å². The maximum atomic E-state index is 12.1. The Balaban J connectivity index is 2.09. The number of amides is 2. The van der Waals surface area contributed by atoms with Crippen LogP contribution < -0.4 is 5.32 Å². The Labute approximate surface area is 117 Å². The van der Waals surface area contributed by atoms with E-state index in [1.165, 1.54) is 4.90 Å². The predicted octanol–water partition coefficient (Wildman–Crippen LogP) is 2.60. The molecule has 19 heavy (non-hydrogen) atoms. The summed E-state index contributed by atoms with van der Waals surface area (Å²) in [5, 5.41) is 3.73. The van der Waals surface area contributed by atoms with E-state index in [1.54, 1.807) is 6.07 Å². The summed E-state index contributed by atoms with van der Waals surface area (Å²) in [4.78, 5) is 25.1. The summed E-state index contributed by atoms with van der Waals surface area (Å²) >= 11 is 6.04. The Morgan fingerprint density at radius 1 is 1.42 bits per heavy atom. The summed E-state index contributed by atoms with van der Waals surface area (Å²) in [6, 6.07) is 5.05. The van der Waals surface area contributed by atoms with Crippen LogP contribution in [0.3, 0.4) is 0 Å². The summed E-state index contributed by atoms with van der Waals surface area (Å²) in [5.74, 6) is -0.258. The summed E-state index contributed by atoms with van der Waals surface area (Å²) in [7, 11) is 0. The van der Waals surface area contributed by atoms with E-state index >= 15 is 0 Å². The van der Waals surface area contributed by atoms with Crippen LogP contribution in [0.5, 0.6) is 0 Å². The van der Waals surface area contributed by atoms with Crippen molar-refractivity contribution in [1.29, 1.82) is 0 Å². The molecule has 1 saturated heterocycles. The number of aryl methyl sites for hydroxylation is 1. The summed E-state index contributed by atoms with van der Waals surface area (Å²) in [6.07, 6.45) is 0.991. The van der Waals surface area contributed by atoms with Crippen LogP contribution in [0.2, 0.25) is 5.02 Å². The van der Waals surface area contributed by atoms with Gasteiger partial charge < -0.3 is 5.32 Å². The molecule has 1 aliphatic rings. The number of benzene rings is 1. The van der Waals surface area contributed by atoms with E-state index in [4.69, 9.17) is 11.6 Å². The molecular weight excluding hydrogens is 264 g/mol. The first-order valence-corrected chi connectivity index (χ1v) is 6.77. The molecular formula is C14H17ClN2O2. The summed E-state index contributed by atoms with van der Waals surface area (Å²) in [6.45, 7) is 4.35. The number of anilines is 1. The molecule has 1 heterocycles. The van der Waals surface area contributed by atoms with Gasteiger partial charge in [0, 0.05) is 17.3 Å². The van der Waals surface area contributed by atoms with Crippen molar-refractivity contribution < 1.29 is 9.59 Å². The van der Waals surface area contributed by atoms with Crippen molar-refractivity contribution in [1.82, 2.24) is 4.90 Å². The normalized spacial score (nSPS) is 19.1. The lowest BCUT2D eigenvalue weighted by atomic mass is 10.2. The highest BCUT2D eigenvalue weighted by Crippen LogP contribution is 2.23. The molecule has 1 unspecified atom stereocenters. The van der Waals surface area contributed by atoms with Crippen molar-refractivity contribution in [2.24, 2.45) is 0 Å². The highest BCUT2D eigenvalue weighted by atomic mass is 35.5. The van der Waals surface area contributed by atoms with Crippen LogP contribution in [0, 0.1) is 6.92 Å². The van der Waals surface area contributed by atoms with E-state index in [0.717, 1.165) is 17.7 Å². The molecule has 2 rings (SSSR count). The van der Waals surface area contributed by atoms with Gasteiger partial charge in [-0.15, -0.1) is 0 Å². The molecule has 0 aliphatic carbocycles. The lowest BCUT2D eigenvalue weighted by molar-refractivity contribution is -0.138. The van der Waals surface area contributed by atoms with Gasteiger partial charge in [0.15, 0.2) is 0 Å². The van der Waals surface area contributed by atoms with Crippen LogP contribution in [0.1, 0.15) is 25.3 Å². The summed E-state index contributed by atoms with van der Waals surface area (Å²) in [5.41, 5.74) is 1.74. The Bertz CT molecular complexity index is 516. The number of hydrogen-bond donors (Lipinski definition) is 1. The number of imide groups is 1. The van der Waals surface area contributed by atoms with Crippen LogP contribution >= 0.6 is 11.6 Å². The Morgan fingerprint density at radius 2 is 2.16 bits per heavy atom. The molecule has 1 aromatic carbocycles. The van der Waals surface area contributed by atoms with Gasteiger partial charge in [-0.05, 0) is 31.0 Å². The van der Waals surface area contributed by atoms with E-state index in [1.807, 2.05) is 26.0 Å². The third kappa shape index (κ3) is 2.89. The number of hydrogen-bond acceptors (Lipinski definition) is 3. The number of nitrogens with one attached hydrogen (secondary N) is 1. The SMILES string of the molecule is CCCN1C(=O)CC(Nc2ccc(C)c(Cl)c2)C1=O. The first-order valence-electron chi connectivity index (χ1n) is 6.39. The van der Waals surface area contributed by atoms with Crippen LogP contribution in [0.25, 0.3) is 0 Å². The van der Waals surface area contributed by atoms with E-state index < -0.39 is 6.04 Å². The van der Waals surface area contributed by atoms with Crippen molar-refractivity contribution in [2.75, 3.05) is 11.9 Å². The Kier molecular flexibility index (Phi) is 4.10. The van der Waals surface area contributed by atoms with Crippen LogP contribution in [0.4, 0.5) is 5.69 Å². The van der Waals surface area contributed by atoms with Gasteiger partial charge >= 0.3 is 0 Å². The van der Waals surface area contributed by atoms with Crippen LogP contribution in [-0.2, 0) is 9.59 Å². The standard InChI is InChI=1S/C14H17ClN2O2/c1-3-6-17-13(18)8-12(14(17)19)16-10-5-4-9(2)11(15)7-10/h4-5,7,12,16H,3,6,8H2,1-2H3. The molecule has 0 aromatic heterocycles. The maximum Gasteiger partial charge on any atom is 0.252 e. The predicted molar refractivity (Wildman–Crippen MR) is 75.2 cm³/mol. The second-order valence-electron chi connectivity index (χ2n) is 4.75. The van der Waals surface area contributed by atoms with Gasteiger partial charge in [-0.2, -0.15) is 0 Å². The average Bonchev–Trinajstić information content (AvgIpc) is 2.62. The maximum absolute atomic E-state index is 12.1. The zero-order valence-corrected chi connectivity index (χ0v) is 11.8. The molecule has 5 heteroatoms. The van der Waals surface area contributed by atoms with Crippen molar-refractivity contribution >= 4 is 29.1 Å². The van der Waals surface area contributed by atoms with Gasteiger partial charge in [-0.1, -0.05) is 24.6 Å². The number of carbonyl (C=O) groups excluding carboxylic acids is 2. The minimum absolute atomic E-state index is 0.109. The number of rotatable bonds is 4. The van der Waals surface area contributed by atoms with E-state index in [2.05, 4.69) is 5.32 Å². The molecule has 0 saturated carbocycles. The second kappa shape index (κ2) is 5.61. The fraction of sp³-hybridized carbons (Fsp3) is 0.429. The number of halogens is 1. The molecule has 1 aliphatic heterocycles. The third-order valence-electron chi connectivity index (χ3n) is 3.20. The fourth-order valence-corrected chi connectivity index (χ4v) is 2.32. The van der Waals surface area contributed by atoms with Crippen molar-refractivity contribution in [3.05, 3.63) is 28.8 Å². The Hall–Kier alpha value is -1.55. The van der Waals surface area contributed by atoms with Gasteiger partial charge in [0.05, 0.1) is 6.42 Å². The van der Waals surface area contributed by atoms with Gasteiger partial charge in [-0.25, -0.2) is 0 Å². The molecule has 1 aromatic rings. The summed E-state index contributed by atoms with van der Waals surface area (Å²) < 4.78 is 0. The van der Waals surface area contributed by atoms with Gasteiger partial charge in [-0.3, -0.25) is 14.5 Å². The lowest BCUT2D eigenvalue weighted by Gasteiger charge is -2.15. The number of carbonyl (C=O) groups is 2. The topological polar surface area (TPSA) is 49.4 Å². The number of likely N-dealkylation sites (tertiary alicyclic amines) is 1. The Morgan fingerprint density at radius 3 is 2.79 bits per heavy atom. The lowest BCUT2D eigenvalue weighted by Crippen LogP contribution is -2.35. The minimum Gasteiger partial charge on any atom is -0.373 e. The number of nitrogens with zero attached hydrogens (tertiary/aromatic N) is 1. The van der Waals surface area contributed by atoms with Gasteiger partial charge in [0.25, 0.3) is 5.91 Å². The van der Waals surface area contributed by atoms with Crippen LogP contribution in [-0.4, -0.2) is 29.3 Å². The van der Waals surface area contributed by atoms with Crippen molar-refractivity contribution in [2.45, 2.75) is 32.7 Å². The molecule has 2 amide bonds. The van der Waals surface area contributed by atoms with E-state index in [9.17, 15) is 9.59 Å². The molecule has 4 nitrogen and oxygen atoms in total. The van der Waals surface area contributed by atoms with Gasteiger partial charge in [0.2, 0.25) is 5.91 Å². The molecule has 0 spiro atoms. The minimum atomic E-state index is -0.474. The first-order chi connectivity index (χ1) is 9.02. The van der Waals surface area contributed by atoms with Crippen LogP contribution in [0.15, 0.2) is 18.2 Å². The molecule has 102 valence electrons. The quantitative estimate of drug-likeness (QED) is 0.863. The highest BCUT2D eigenvalue weighted by molar-refractivity contribution is 6.31. The monoisotopic (exact) mass is 280 g/mol. The average molecular weight is 281 g/mol. The van der Waals surface area contributed by atoms with Crippen molar-refractivity contribution in [3.8, 4) is 0 Å². The smallest absolute Gasteiger partial charge is 0.252 e. The first kappa shape index (κ1) is 13.9. The van der Waals surface area contributed by atoms with E-state index in [-0.39, 0.29) is 18.2 Å². The second-order valence-corrected chi connectivity index (χ2v) is 5.16. The molecule has 1 atom stereocenters. The van der Waals surface area contributed by atoms with Gasteiger partial charge in [0.1, 0.15) is 6.04 Å². The zero-order chi connectivity index (χ0) is 14.0. The molecule has 0 radical (unpaired) electrons. The largest absolute Gasteiger partial charge is 0.373 e. The highest BCUT2D eigenvalue weighted by Gasteiger charge is 2.37. The fourth-order valence-electron chi connectivity index (χ4n) is 2.14. The van der Waals surface area contributed by atoms with Crippen molar-refractivity contribution in [3.63, 3.8) is 0 Å². The molecule has 1 N–H and O–H groups in total. The molecule has 1 fully saturated rings. The molecule has 0 bridgehead atoms. The third-order valence-corrected chi connectivity index (χ3v) is 3.61.